The van der Waals surface area contributed by atoms with E-state index < -0.39 is 9.67 Å². The summed E-state index contributed by atoms with van der Waals surface area (Å²) in [6, 6.07) is 16.9. The van der Waals surface area contributed by atoms with Crippen LogP contribution in [0.25, 0.3) is 45.2 Å². The molecule has 6 aromatic rings. The van der Waals surface area contributed by atoms with Crippen LogP contribution in [0.3, 0.4) is 0 Å². The number of hydrogen-bond acceptors (Lipinski definition) is 9. The third-order valence-corrected chi connectivity index (χ3v) is 8.51. The first kappa shape index (κ1) is 32.1. The van der Waals surface area contributed by atoms with Gasteiger partial charge in [-0.3, -0.25) is 0 Å². The zero-order valence-electron chi connectivity index (χ0n) is 21.9. The quantitative estimate of drug-likeness (QED) is 0.110. The monoisotopic (exact) mass is 760 g/mol. The summed E-state index contributed by atoms with van der Waals surface area (Å²) in [5.74, 6) is 0.727. The fourth-order valence-corrected chi connectivity index (χ4v) is 5.28. The Morgan fingerprint density at radius 1 is 0.533 bits per heavy atom. The average molecular weight is 764 g/mol. The first-order chi connectivity index (χ1) is 21.6. The zero-order chi connectivity index (χ0) is 31.8. The maximum absolute atomic E-state index is 6.56. The predicted molar refractivity (Wildman–Crippen MR) is 175 cm³/mol. The topological polar surface area (TPSA) is 113 Å². The number of nitrogens with zero attached hydrogens (tertiary/aromatic N) is 6. The molecule has 45 heavy (non-hydrogen) atoms. The van der Waals surface area contributed by atoms with Crippen molar-refractivity contribution in [3.63, 3.8) is 0 Å². The highest BCUT2D eigenvalue weighted by Gasteiger charge is 2.24. The number of ether oxygens (including phenoxy) is 1. The van der Waals surface area contributed by atoms with Crippen LogP contribution in [-0.4, -0.2) is 30.2 Å². The number of halogens is 8. The summed E-state index contributed by atoms with van der Waals surface area (Å²) in [4.78, 5) is 15.5. The van der Waals surface area contributed by atoms with Crippen molar-refractivity contribution in [1.29, 1.82) is 0 Å². The third kappa shape index (κ3) is 6.68. The molecule has 0 unspecified atom stereocenters. The van der Waals surface area contributed by atoms with Crippen molar-refractivity contribution >= 4 is 92.8 Å². The minimum atomic E-state index is -0.883. The van der Waals surface area contributed by atoms with E-state index in [9.17, 15) is 0 Å². The van der Waals surface area contributed by atoms with E-state index >= 15 is 0 Å². The second-order valence-corrected chi connectivity index (χ2v) is 12.6. The minimum absolute atomic E-state index is 0.0519. The average Bonchev–Trinajstić information content (AvgIpc) is 3.72. The molecule has 0 fully saturated rings. The molecule has 17 heteroatoms. The van der Waals surface area contributed by atoms with Gasteiger partial charge < -0.3 is 13.8 Å². The summed E-state index contributed by atoms with van der Waals surface area (Å²) in [6.07, 6.45) is 0. The summed E-state index contributed by atoms with van der Waals surface area (Å²) in [5.41, 5.74) is 3.29. The lowest BCUT2D eigenvalue weighted by molar-refractivity contribution is 0.408. The molecule has 9 nitrogen and oxygen atoms in total. The van der Waals surface area contributed by atoms with Gasteiger partial charge in [0.1, 0.15) is 21.4 Å². The van der Waals surface area contributed by atoms with Crippen LogP contribution < -0.4 is 4.74 Å². The Labute approximate surface area is 294 Å². The summed E-state index contributed by atoms with van der Waals surface area (Å²) < 4.78 is 16.8. The Morgan fingerprint density at radius 2 is 0.911 bits per heavy atom. The van der Waals surface area contributed by atoms with Crippen LogP contribution in [0, 0.1) is 0 Å². The van der Waals surface area contributed by atoms with Gasteiger partial charge >= 0.3 is 12.0 Å². The van der Waals surface area contributed by atoms with Gasteiger partial charge in [0, 0.05) is 34.4 Å². The van der Waals surface area contributed by atoms with Crippen molar-refractivity contribution in [2.45, 2.75) is 9.67 Å². The predicted octanol–water partition coefficient (Wildman–Crippen LogP) is 11.3. The maximum Gasteiger partial charge on any atom is 0.326 e. The van der Waals surface area contributed by atoms with Crippen LogP contribution in [0.5, 0.6) is 12.0 Å². The highest BCUT2D eigenvalue weighted by molar-refractivity contribution is 6.45. The summed E-state index contributed by atoms with van der Waals surface area (Å²) in [7, 11) is 0. The Kier molecular flexibility index (Phi) is 9.61. The van der Waals surface area contributed by atoms with E-state index in [1.165, 1.54) is 0 Å². The lowest BCUT2D eigenvalue weighted by atomic mass is 10.0. The molecule has 0 saturated carbocycles. The van der Waals surface area contributed by atoms with E-state index in [4.69, 9.17) is 107 Å². The molecule has 6 rings (SSSR count). The Hall–Kier alpha value is -2.86. The van der Waals surface area contributed by atoms with Crippen molar-refractivity contribution < 1.29 is 13.8 Å². The lowest BCUT2D eigenvalue weighted by Crippen LogP contribution is -2.01. The summed E-state index contributed by atoms with van der Waals surface area (Å²) >= 11 is 49.8. The molecule has 0 aliphatic rings. The van der Waals surface area contributed by atoms with E-state index in [1.807, 2.05) is 0 Å². The van der Waals surface area contributed by atoms with Crippen LogP contribution in [-0.2, 0) is 0 Å². The van der Waals surface area contributed by atoms with Gasteiger partial charge in [0.15, 0.2) is 31.5 Å². The van der Waals surface area contributed by atoms with E-state index in [1.54, 1.807) is 60.7 Å². The van der Waals surface area contributed by atoms with E-state index in [2.05, 4.69) is 30.2 Å². The summed E-state index contributed by atoms with van der Waals surface area (Å²) in [6.45, 7) is 0. The smallest absolute Gasteiger partial charge is 0.326 e. The molecule has 0 N–H and O–H groups in total. The third-order valence-electron chi connectivity index (χ3n) is 6.16. The van der Waals surface area contributed by atoms with Crippen LogP contribution in [0.15, 0.2) is 69.7 Å². The molecule has 0 spiro atoms. The van der Waals surface area contributed by atoms with Gasteiger partial charge in [-0.1, -0.05) is 152 Å². The highest BCUT2D eigenvalue weighted by Crippen LogP contribution is 2.42. The van der Waals surface area contributed by atoms with Crippen molar-refractivity contribution in [2.75, 3.05) is 0 Å². The molecule has 4 aromatic heterocycles. The lowest BCUT2D eigenvalue weighted by Gasteiger charge is -2.12. The largest absolute Gasteiger partial charge is 0.388 e. The SMILES string of the molecule is Clc1nc(Oc2nc(Cl)c(Cl)c(-c3ccccc3-c3cc(C(Cl)Cl)no3)n2)nc(-c2ccccc2-c2cc(C(Cl)Cl)no2)c1Cl. The van der Waals surface area contributed by atoms with Crippen LogP contribution in [0.1, 0.15) is 21.1 Å². The molecular weight excluding hydrogens is 752 g/mol. The molecule has 0 atom stereocenters. The molecule has 0 amide bonds. The van der Waals surface area contributed by atoms with Gasteiger partial charge in [-0.2, -0.15) is 19.9 Å². The molecular formula is C28H12Cl8N6O3. The number of rotatable bonds is 8. The summed E-state index contributed by atoms with van der Waals surface area (Å²) in [5, 5.41) is 7.71. The highest BCUT2D eigenvalue weighted by atomic mass is 35.5. The van der Waals surface area contributed by atoms with Crippen LogP contribution >= 0.6 is 92.8 Å². The van der Waals surface area contributed by atoms with Crippen molar-refractivity contribution in [1.82, 2.24) is 30.2 Å². The second kappa shape index (κ2) is 13.5. The molecule has 228 valence electrons. The van der Waals surface area contributed by atoms with E-state index in [0.717, 1.165) is 0 Å². The van der Waals surface area contributed by atoms with Crippen molar-refractivity contribution in [3.05, 3.63) is 92.4 Å². The zero-order valence-corrected chi connectivity index (χ0v) is 27.9. The minimum Gasteiger partial charge on any atom is -0.388 e. The Balaban J connectivity index is 1.40. The molecule has 0 aliphatic carbocycles. The first-order valence-electron chi connectivity index (χ1n) is 12.4. The van der Waals surface area contributed by atoms with E-state index in [-0.39, 0.29) is 43.8 Å². The normalized spacial score (nSPS) is 11.5. The fourth-order valence-electron chi connectivity index (χ4n) is 4.18. The van der Waals surface area contributed by atoms with Gasteiger partial charge in [-0.05, 0) is 0 Å². The van der Waals surface area contributed by atoms with Crippen LogP contribution in [0.4, 0.5) is 0 Å². The standard InChI is InChI=1S/C28H12Cl8N6O3/c29-19-21(13-7-3-1-5-11(13)17-9-15(23(31)32)41-44-17)37-27(39-25(19)35)43-28-38-22(20(30)26(36)40-28)14-8-4-2-6-12(14)18-10-16(24(33)34)42-45-18/h1-10,23-24H. The molecule has 0 bridgehead atoms. The van der Waals surface area contributed by atoms with Gasteiger partial charge in [0.05, 0.1) is 11.4 Å². The number of aromatic nitrogens is 6. The molecule has 0 saturated heterocycles. The molecule has 2 aromatic carbocycles. The van der Waals surface area contributed by atoms with Gasteiger partial charge in [0.25, 0.3) is 0 Å². The van der Waals surface area contributed by atoms with Gasteiger partial charge in [-0.25, -0.2) is 0 Å². The van der Waals surface area contributed by atoms with Gasteiger partial charge in [-0.15, -0.1) is 0 Å². The molecule has 0 radical (unpaired) electrons. The molecule has 4 heterocycles. The van der Waals surface area contributed by atoms with Crippen molar-refractivity contribution in [3.8, 4) is 57.2 Å². The first-order valence-corrected chi connectivity index (χ1v) is 15.7. The number of alkyl halides is 4. The van der Waals surface area contributed by atoms with Crippen LogP contribution in [0.2, 0.25) is 20.4 Å². The fraction of sp³-hybridized carbons (Fsp3) is 0.0714. The number of hydrogen-bond donors (Lipinski definition) is 0. The second-order valence-electron chi connectivity index (χ2n) is 8.95. The van der Waals surface area contributed by atoms with Gasteiger partial charge in [0.2, 0.25) is 0 Å². The number of benzene rings is 2. The van der Waals surface area contributed by atoms with Crippen molar-refractivity contribution in [2.24, 2.45) is 0 Å². The Bertz CT molecular complexity index is 1890. The maximum atomic E-state index is 6.56. The van der Waals surface area contributed by atoms with E-state index in [0.29, 0.717) is 45.2 Å². The Morgan fingerprint density at radius 3 is 1.27 bits per heavy atom. The molecule has 0 aliphatic heterocycles.